The number of hydrogen-bond donors (Lipinski definition) is 1. The molecule has 0 radical (unpaired) electrons. The van der Waals surface area contributed by atoms with Crippen LogP contribution in [-0.2, 0) is 0 Å². The normalized spacial score (nSPS) is 10.5. The van der Waals surface area contributed by atoms with E-state index >= 15 is 0 Å². The van der Waals surface area contributed by atoms with Crippen LogP contribution in [-0.4, -0.2) is 33.5 Å². The molecule has 0 aromatic heterocycles. The number of hydrogen-bond acceptors (Lipinski definition) is 5. The van der Waals surface area contributed by atoms with Crippen LogP contribution >= 0.6 is 0 Å². The second-order valence-electron chi connectivity index (χ2n) is 5.03. The summed E-state index contributed by atoms with van der Waals surface area (Å²) < 4.78 is 15.8. The van der Waals surface area contributed by atoms with Crippen LogP contribution in [0, 0.1) is 6.92 Å². The topological polar surface area (TPSA) is 69.2 Å². The van der Waals surface area contributed by atoms with Gasteiger partial charge in [-0.25, -0.2) is 5.43 Å². The van der Waals surface area contributed by atoms with E-state index in [1.54, 1.807) is 24.3 Å². The molecule has 0 aliphatic rings. The summed E-state index contributed by atoms with van der Waals surface area (Å²) in [4.78, 5) is 12.0. The predicted molar refractivity (Wildman–Crippen MR) is 92.3 cm³/mol. The molecule has 24 heavy (non-hydrogen) atoms. The number of rotatable bonds is 6. The van der Waals surface area contributed by atoms with Gasteiger partial charge < -0.3 is 14.2 Å². The smallest absolute Gasteiger partial charge is 0.271 e. The van der Waals surface area contributed by atoms with Gasteiger partial charge in [0, 0.05) is 11.1 Å². The maximum atomic E-state index is 12.0. The minimum atomic E-state index is -0.276. The van der Waals surface area contributed by atoms with Crippen molar-refractivity contribution in [1.29, 1.82) is 0 Å². The molecule has 0 fully saturated rings. The highest BCUT2D eigenvalue weighted by Gasteiger charge is 2.12. The summed E-state index contributed by atoms with van der Waals surface area (Å²) >= 11 is 0. The van der Waals surface area contributed by atoms with E-state index < -0.39 is 0 Å². The van der Waals surface area contributed by atoms with Gasteiger partial charge in [0.2, 0.25) is 5.75 Å². The van der Waals surface area contributed by atoms with E-state index in [0.717, 1.165) is 5.56 Å². The summed E-state index contributed by atoms with van der Waals surface area (Å²) in [7, 11) is 4.62. The summed E-state index contributed by atoms with van der Waals surface area (Å²) in [5.41, 5.74) is 4.76. The van der Waals surface area contributed by atoms with Gasteiger partial charge in [-0.2, -0.15) is 5.10 Å². The zero-order chi connectivity index (χ0) is 17.5. The van der Waals surface area contributed by atoms with Crippen LogP contribution in [0.25, 0.3) is 0 Å². The summed E-state index contributed by atoms with van der Waals surface area (Å²) in [6.07, 6.45) is 1.51. The number of aryl methyl sites for hydroxylation is 1. The number of carbonyl (C=O) groups is 1. The molecule has 0 aliphatic heterocycles. The van der Waals surface area contributed by atoms with E-state index in [1.165, 1.54) is 27.5 Å². The molecule has 0 saturated heterocycles. The van der Waals surface area contributed by atoms with Crippen molar-refractivity contribution in [3.63, 3.8) is 0 Å². The van der Waals surface area contributed by atoms with Crippen molar-refractivity contribution in [3.05, 3.63) is 53.1 Å². The van der Waals surface area contributed by atoms with Crippen LogP contribution in [0.15, 0.2) is 41.5 Å². The fourth-order valence-electron chi connectivity index (χ4n) is 2.19. The van der Waals surface area contributed by atoms with Crippen LogP contribution < -0.4 is 19.6 Å². The highest BCUT2D eigenvalue weighted by molar-refractivity contribution is 5.95. The highest BCUT2D eigenvalue weighted by atomic mass is 16.5. The fraction of sp³-hybridized carbons (Fsp3) is 0.222. The van der Waals surface area contributed by atoms with E-state index in [0.29, 0.717) is 28.4 Å². The van der Waals surface area contributed by atoms with Gasteiger partial charge in [-0.3, -0.25) is 4.79 Å². The van der Waals surface area contributed by atoms with E-state index in [-0.39, 0.29) is 5.91 Å². The Hall–Kier alpha value is -3.02. The van der Waals surface area contributed by atoms with Crippen molar-refractivity contribution in [2.45, 2.75) is 6.92 Å². The summed E-state index contributed by atoms with van der Waals surface area (Å²) in [5.74, 6) is 1.26. The second-order valence-corrected chi connectivity index (χ2v) is 5.03. The molecule has 0 aliphatic carbocycles. The first-order chi connectivity index (χ1) is 11.6. The molecular weight excluding hydrogens is 308 g/mol. The Morgan fingerprint density at radius 2 is 1.71 bits per heavy atom. The fourth-order valence-corrected chi connectivity index (χ4v) is 2.19. The molecule has 0 atom stereocenters. The Kier molecular flexibility index (Phi) is 5.78. The Bertz CT molecular complexity index is 731. The summed E-state index contributed by atoms with van der Waals surface area (Å²) in [6, 6.07) is 10.8. The molecule has 2 aromatic rings. The third kappa shape index (κ3) is 4.04. The van der Waals surface area contributed by atoms with Gasteiger partial charge in [0.15, 0.2) is 11.5 Å². The van der Waals surface area contributed by atoms with Crippen molar-refractivity contribution in [3.8, 4) is 17.2 Å². The van der Waals surface area contributed by atoms with Crippen molar-refractivity contribution in [2.75, 3.05) is 21.3 Å². The van der Waals surface area contributed by atoms with E-state index in [9.17, 15) is 4.79 Å². The lowest BCUT2D eigenvalue weighted by molar-refractivity contribution is 0.0955. The molecular formula is C18H20N2O4. The molecule has 0 heterocycles. The molecule has 1 N–H and O–H groups in total. The molecule has 0 bridgehead atoms. The zero-order valence-corrected chi connectivity index (χ0v) is 14.1. The average Bonchev–Trinajstić information content (AvgIpc) is 2.60. The van der Waals surface area contributed by atoms with Gasteiger partial charge in [-0.05, 0) is 31.2 Å². The standard InChI is InChI=1S/C18H20N2O4/c1-12-6-5-7-14(8-12)18(21)20-19-11-13-9-15(22-2)17(24-4)16(10-13)23-3/h5-11H,1-4H3,(H,20,21)/b19-11+. The first kappa shape index (κ1) is 17.3. The van der Waals surface area contributed by atoms with E-state index in [2.05, 4.69) is 10.5 Å². The quantitative estimate of drug-likeness (QED) is 0.654. The molecule has 126 valence electrons. The minimum absolute atomic E-state index is 0.276. The number of benzene rings is 2. The molecule has 2 rings (SSSR count). The zero-order valence-electron chi connectivity index (χ0n) is 14.1. The Morgan fingerprint density at radius 3 is 2.25 bits per heavy atom. The third-order valence-corrected chi connectivity index (χ3v) is 3.35. The molecule has 6 nitrogen and oxygen atoms in total. The maximum absolute atomic E-state index is 12.0. The number of amides is 1. The number of hydrazone groups is 1. The lowest BCUT2D eigenvalue weighted by atomic mass is 10.1. The highest BCUT2D eigenvalue weighted by Crippen LogP contribution is 2.37. The summed E-state index contributed by atoms with van der Waals surface area (Å²) in [5, 5.41) is 3.98. The first-order valence-corrected chi connectivity index (χ1v) is 7.29. The van der Waals surface area contributed by atoms with Gasteiger partial charge >= 0.3 is 0 Å². The lowest BCUT2D eigenvalue weighted by Gasteiger charge is -2.12. The number of nitrogens with one attached hydrogen (secondary N) is 1. The predicted octanol–water partition coefficient (Wildman–Crippen LogP) is 2.78. The number of nitrogens with zero attached hydrogens (tertiary/aromatic N) is 1. The van der Waals surface area contributed by atoms with Crippen molar-refractivity contribution in [2.24, 2.45) is 5.10 Å². The van der Waals surface area contributed by atoms with Crippen molar-refractivity contribution >= 4 is 12.1 Å². The van der Waals surface area contributed by atoms with Crippen LogP contribution in [0.2, 0.25) is 0 Å². The molecule has 0 unspecified atom stereocenters. The molecule has 1 amide bonds. The first-order valence-electron chi connectivity index (χ1n) is 7.29. The Balaban J connectivity index is 2.15. The van der Waals surface area contributed by atoms with Gasteiger partial charge in [0.25, 0.3) is 5.91 Å². The van der Waals surface area contributed by atoms with Crippen LogP contribution in [0.5, 0.6) is 17.2 Å². The van der Waals surface area contributed by atoms with Gasteiger partial charge in [0.05, 0.1) is 27.5 Å². The monoisotopic (exact) mass is 328 g/mol. The largest absolute Gasteiger partial charge is 0.493 e. The molecule has 0 saturated carbocycles. The number of carbonyl (C=O) groups excluding carboxylic acids is 1. The van der Waals surface area contributed by atoms with E-state index in [4.69, 9.17) is 14.2 Å². The van der Waals surface area contributed by atoms with Gasteiger partial charge in [-0.15, -0.1) is 0 Å². The van der Waals surface area contributed by atoms with Crippen LogP contribution in [0.4, 0.5) is 0 Å². The maximum Gasteiger partial charge on any atom is 0.271 e. The molecule has 0 spiro atoms. The molecule has 6 heteroatoms. The average molecular weight is 328 g/mol. The molecule has 2 aromatic carbocycles. The lowest BCUT2D eigenvalue weighted by Crippen LogP contribution is -2.17. The van der Waals surface area contributed by atoms with E-state index in [1.807, 2.05) is 19.1 Å². The number of methoxy groups -OCH3 is 3. The van der Waals surface area contributed by atoms with Crippen molar-refractivity contribution < 1.29 is 19.0 Å². The number of ether oxygens (including phenoxy) is 3. The third-order valence-electron chi connectivity index (χ3n) is 3.35. The van der Waals surface area contributed by atoms with Gasteiger partial charge in [0.1, 0.15) is 0 Å². The Labute approximate surface area is 141 Å². The van der Waals surface area contributed by atoms with Crippen LogP contribution in [0.3, 0.4) is 0 Å². The van der Waals surface area contributed by atoms with Crippen LogP contribution in [0.1, 0.15) is 21.5 Å². The Morgan fingerprint density at radius 1 is 1.04 bits per heavy atom. The minimum Gasteiger partial charge on any atom is -0.493 e. The second kappa shape index (κ2) is 8.01. The van der Waals surface area contributed by atoms with Gasteiger partial charge in [-0.1, -0.05) is 17.7 Å². The summed E-state index contributed by atoms with van der Waals surface area (Å²) in [6.45, 7) is 1.93. The van der Waals surface area contributed by atoms with Crippen molar-refractivity contribution in [1.82, 2.24) is 5.43 Å². The SMILES string of the molecule is COc1cc(/C=N/NC(=O)c2cccc(C)c2)cc(OC)c1OC.